The molecule has 0 aliphatic rings. The number of allylic oxidation sites excluding steroid dienone is 10. The first-order valence-electron chi connectivity index (χ1n) is 16.2. The SMILES string of the molecule is C=C(/C=C/C(=C)C(=C)C(=C)CCCCCCCC)OC(=O)CCC(=O)OC(=C)/C=C/C(=C)C(=C)C(=C)CCCCCCCC. The van der Waals surface area contributed by atoms with E-state index in [9.17, 15) is 9.59 Å². The lowest BCUT2D eigenvalue weighted by Crippen LogP contribution is -2.09. The number of rotatable bonds is 27. The standard InChI is InChI=1S/C40H58O4/c1-11-13-15-17-19-21-23-31(3)37(9)33(5)25-27-35(7)43-39(41)29-30-40(42)44-36(8)28-26-34(6)38(10)32(4)24-22-20-18-16-14-12-2/h25-28H,3-24,29-30H2,1-2H3/b27-25+,28-26+. The van der Waals surface area contributed by atoms with E-state index in [1.165, 1.54) is 64.2 Å². The average molecular weight is 603 g/mol. The lowest BCUT2D eigenvalue weighted by atomic mass is 9.96. The Morgan fingerprint density at radius 3 is 1.11 bits per heavy atom. The molecule has 0 aliphatic carbocycles. The molecule has 0 aromatic rings. The maximum Gasteiger partial charge on any atom is 0.311 e. The Kier molecular flexibility index (Phi) is 22.7. The van der Waals surface area contributed by atoms with Crippen molar-refractivity contribution in [2.75, 3.05) is 0 Å². The number of ether oxygens (including phenoxy) is 2. The third-order valence-corrected chi connectivity index (χ3v) is 7.26. The molecule has 0 fully saturated rings. The maximum atomic E-state index is 12.2. The van der Waals surface area contributed by atoms with Crippen LogP contribution in [0.2, 0.25) is 0 Å². The first-order valence-corrected chi connectivity index (χ1v) is 16.2. The van der Waals surface area contributed by atoms with E-state index in [4.69, 9.17) is 9.47 Å². The fourth-order valence-corrected chi connectivity index (χ4v) is 4.25. The molecule has 0 N–H and O–H groups in total. The van der Waals surface area contributed by atoms with E-state index < -0.39 is 11.9 Å². The molecule has 4 nitrogen and oxygen atoms in total. The molecular formula is C40H58O4. The molecule has 0 radical (unpaired) electrons. The Morgan fingerprint density at radius 2 is 0.773 bits per heavy atom. The van der Waals surface area contributed by atoms with Gasteiger partial charge in [0.2, 0.25) is 0 Å². The van der Waals surface area contributed by atoms with Gasteiger partial charge in [-0.1, -0.05) is 143 Å². The molecule has 44 heavy (non-hydrogen) atoms. The summed E-state index contributed by atoms with van der Waals surface area (Å²) in [4.78, 5) is 24.4. The zero-order chi connectivity index (χ0) is 33.3. The lowest BCUT2D eigenvalue weighted by molar-refractivity contribution is -0.145. The second-order valence-electron chi connectivity index (χ2n) is 11.3. The molecule has 0 aliphatic heterocycles. The summed E-state index contributed by atoms with van der Waals surface area (Å²) in [7, 11) is 0. The summed E-state index contributed by atoms with van der Waals surface area (Å²) in [5.74, 6) is -0.905. The molecule has 0 saturated heterocycles. The highest BCUT2D eigenvalue weighted by molar-refractivity contribution is 5.79. The van der Waals surface area contributed by atoms with Gasteiger partial charge in [0.05, 0.1) is 12.8 Å². The van der Waals surface area contributed by atoms with Crippen molar-refractivity contribution in [3.8, 4) is 0 Å². The van der Waals surface area contributed by atoms with E-state index in [0.717, 1.165) is 48.0 Å². The van der Waals surface area contributed by atoms with Gasteiger partial charge in [-0.25, -0.2) is 0 Å². The predicted molar refractivity (Wildman–Crippen MR) is 189 cm³/mol. The minimum Gasteiger partial charge on any atom is -0.427 e. The Hall–Kier alpha value is -3.66. The maximum absolute atomic E-state index is 12.2. The summed E-state index contributed by atoms with van der Waals surface area (Å²) in [6.07, 6.45) is 22.5. The van der Waals surface area contributed by atoms with Gasteiger partial charge in [-0.05, 0) is 71.3 Å². The molecule has 0 saturated carbocycles. The molecule has 0 bridgehead atoms. The number of unbranched alkanes of at least 4 members (excludes halogenated alkanes) is 10. The number of esters is 2. The molecule has 0 aromatic heterocycles. The molecular weight excluding hydrogens is 544 g/mol. The van der Waals surface area contributed by atoms with E-state index in [0.29, 0.717) is 11.1 Å². The molecule has 0 unspecified atom stereocenters. The van der Waals surface area contributed by atoms with Crippen molar-refractivity contribution in [1.82, 2.24) is 0 Å². The Bertz CT molecular complexity index is 1020. The first-order chi connectivity index (χ1) is 20.9. The van der Waals surface area contributed by atoms with Gasteiger partial charge in [0.15, 0.2) is 0 Å². The van der Waals surface area contributed by atoms with E-state index in [2.05, 4.69) is 66.5 Å². The van der Waals surface area contributed by atoms with Crippen LogP contribution in [0.4, 0.5) is 0 Å². The molecule has 4 heteroatoms. The van der Waals surface area contributed by atoms with Crippen LogP contribution in [0, 0.1) is 0 Å². The van der Waals surface area contributed by atoms with Crippen LogP contribution in [0.3, 0.4) is 0 Å². The van der Waals surface area contributed by atoms with Gasteiger partial charge in [0.25, 0.3) is 0 Å². The second-order valence-corrected chi connectivity index (χ2v) is 11.3. The van der Waals surface area contributed by atoms with Gasteiger partial charge >= 0.3 is 11.9 Å². The van der Waals surface area contributed by atoms with Crippen LogP contribution in [-0.2, 0) is 19.1 Å². The monoisotopic (exact) mass is 602 g/mol. The van der Waals surface area contributed by atoms with Gasteiger partial charge in [-0.3, -0.25) is 9.59 Å². The molecule has 0 rings (SSSR count). The summed E-state index contributed by atoms with van der Waals surface area (Å²) >= 11 is 0. The Morgan fingerprint density at radius 1 is 0.455 bits per heavy atom. The van der Waals surface area contributed by atoms with E-state index in [1.807, 2.05) is 0 Å². The number of carbonyl (C=O) groups excluding carboxylic acids is 2. The van der Waals surface area contributed by atoms with Gasteiger partial charge in [-0.15, -0.1) is 0 Å². The summed E-state index contributed by atoms with van der Waals surface area (Å²) in [5, 5.41) is 0. The smallest absolute Gasteiger partial charge is 0.311 e. The predicted octanol–water partition coefficient (Wildman–Crippen LogP) is 11.8. The van der Waals surface area contributed by atoms with Crippen molar-refractivity contribution in [3.05, 3.63) is 122 Å². The molecule has 242 valence electrons. The van der Waals surface area contributed by atoms with E-state index >= 15 is 0 Å². The summed E-state index contributed by atoms with van der Waals surface area (Å²) in [6.45, 7) is 36.4. The average Bonchev–Trinajstić information content (AvgIpc) is 2.99. The van der Waals surface area contributed by atoms with Gasteiger partial charge in [0, 0.05) is 0 Å². The molecule has 0 aromatic carbocycles. The fourth-order valence-electron chi connectivity index (χ4n) is 4.25. The van der Waals surface area contributed by atoms with Crippen LogP contribution in [-0.4, -0.2) is 11.9 Å². The topological polar surface area (TPSA) is 52.6 Å². The normalized spacial score (nSPS) is 10.9. The third-order valence-electron chi connectivity index (χ3n) is 7.26. The van der Waals surface area contributed by atoms with Crippen molar-refractivity contribution in [2.24, 2.45) is 0 Å². The van der Waals surface area contributed by atoms with Crippen LogP contribution in [0.15, 0.2) is 122 Å². The highest BCUT2D eigenvalue weighted by atomic mass is 16.5. The van der Waals surface area contributed by atoms with Gasteiger partial charge < -0.3 is 9.47 Å². The van der Waals surface area contributed by atoms with Crippen LogP contribution in [0.1, 0.15) is 117 Å². The number of carbonyl (C=O) groups is 2. The van der Waals surface area contributed by atoms with Crippen molar-refractivity contribution in [3.63, 3.8) is 0 Å². The zero-order valence-corrected chi connectivity index (χ0v) is 27.9. The fraction of sp³-hybridized carbons (Fsp3) is 0.450. The molecule has 0 atom stereocenters. The summed E-state index contributed by atoms with van der Waals surface area (Å²) < 4.78 is 10.4. The van der Waals surface area contributed by atoms with Crippen LogP contribution < -0.4 is 0 Å². The van der Waals surface area contributed by atoms with Crippen LogP contribution in [0.5, 0.6) is 0 Å². The second kappa shape index (κ2) is 24.7. The van der Waals surface area contributed by atoms with Gasteiger partial charge in [0.1, 0.15) is 11.5 Å². The van der Waals surface area contributed by atoms with Crippen molar-refractivity contribution in [2.45, 2.75) is 117 Å². The third kappa shape index (κ3) is 20.3. The van der Waals surface area contributed by atoms with E-state index in [1.54, 1.807) is 24.3 Å². The van der Waals surface area contributed by atoms with Crippen molar-refractivity contribution < 1.29 is 19.1 Å². The van der Waals surface area contributed by atoms with Crippen molar-refractivity contribution >= 4 is 11.9 Å². The quantitative estimate of drug-likeness (QED) is 0.0406. The van der Waals surface area contributed by atoms with Crippen LogP contribution >= 0.6 is 0 Å². The minimum absolute atomic E-state index is 0.142. The Labute approximate surface area is 269 Å². The molecule has 0 spiro atoms. The van der Waals surface area contributed by atoms with Gasteiger partial charge in [-0.2, -0.15) is 0 Å². The Balaban J connectivity index is 4.38. The lowest BCUT2D eigenvalue weighted by Gasteiger charge is -2.10. The number of hydrogen-bond donors (Lipinski definition) is 0. The summed E-state index contributed by atoms with van der Waals surface area (Å²) in [5.41, 5.74) is 4.82. The highest BCUT2D eigenvalue weighted by Crippen LogP contribution is 2.23. The van der Waals surface area contributed by atoms with E-state index in [-0.39, 0.29) is 24.4 Å². The molecule has 0 amide bonds. The zero-order valence-electron chi connectivity index (χ0n) is 27.9. The summed E-state index contributed by atoms with van der Waals surface area (Å²) in [6, 6.07) is 0. The first kappa shape index (κ1) is 40.3. The van der Waals surface area contributed by atoms with Crippen LogP contribution in [0.25, 0.3) is 0 Å². The number of hydrogen-bond acceptors (Lipinski definition) is 4. The minimum atomic E-state index is -0.594. The highest BCUT2D eigenvalue weighted by Gasteiger charge is 2.11. The van der Waals surface area contributed by atoms with Crippen molar-refractivity contribution in [1.29, 1.82) is 0 Å². The largest absolute Gasteiger partial charge is 0.427 e. The molecule has 0 heterocycles.